The van der Waals surface area contributed by atoms with Gasteiger partial charge in [-0.1, -0.05) is 19.1 Å². The summed E-state index contributed by atoms with van der Waals surface area (Å²) in [6.45, 7) is 9.21. The van der Waals surface area contributed by atoms with Crippen LogP contribution in [0.4, 0.5) is 10.5 Å². The van der Waals surface area contributed by atoms with Crippen LogP contribution in [0.3, 0.4) is 0 Å². The zero-order valence-electron chi connectivity index (χ0n) is 14.8. The standard InChI is InChI=1S/C18H26N2O4/c1-5-13-12-19(17(23)24-18(2,3)4)10-11-20(13)15-9-7-6-8-14(15)16(21)22/h6-9,13H,5,10-12H2,1-4H3,(H,21,22). The van der Waals surface area contributed by atoms with Gasteiger partial charge in [0.2, 0.25) is 0 Å². The third kappa shape index (κ3) is 4.19. The topological polar surface area (TPSA) is 70.1 Å². The van der Waals surface area contributed by atoms with Gasteiger partial charge in [-0.05, 0) is 39.3 Å². The number of carbonyl (C=O) groups excluding carboxylic acids is 1. The highest BCUT2D eigenvalue weighted by Crippen LogP contribution is 2.27. The summed E-state index contributed by atoms with van der Waals surface area (Å²) < 4.78 is 5.45. The Kier molecular flexibility index (Phi) is 5.36. The number of nitrogens with zero attached hydrogens (tertiary/aromatic N) is 2. The molecule has 132 valence electrons. The minimum absolute atomic E-state index is 0.0618. The Balaban J connectivity index is 2.17. The number of hydrogen-bond acceptors (Lipinski definition) is 4. The first kappa shape index (κ1) is 18.1. The van der Waals surface area contributed by atoms with Crippen LogP contribution in [0.1, 0.15) is 44.5 Å². The second-order valence-corrected chi connectivity index (χ2v) is 7.00. The predicted molar refractivity (Wildman–Crippen MR) is 92.6 cm³/mol. The van der Waals surface area contributed by atoms with E-state index in [1.807, 2.05) is 39.8 Å². The fourth-order valence-corrected chi connectivity index (χ4v) is 2.92. The van der Waals surface area contributed by atoms with Crippen molar-refractivity contribution in [2.24, 2.45) is 0 Å². The summed E-state index contributed by atoms with van der Waals surface area (Å²) in [5.41, 5.74) is 0.480. The van der Waals surface area contributed by atoms with Gasteiger partial charge in [-0.2, -0.15) is 0 Å². The Bertz CT molecular complexity index is 609. The first-order valence-corrected chi connectivity index (χ1v) is 8.30. The number of carbonyl (C=O) groups is 2. The van der Waals surface area contributed by atoms with Crippen molar-refractivity contribution in [3.63, 3.8) is 0 Å². The molecule has 0 aromatic heterocycles. The lowest BCUT2D eigenvalue weighted by Crippen LogP contribution is -2.55. The lowest BCUT2D eigenvalue weighted by molar-refractivity contribution is 0.0213. The Morgan fingerprint density at radius 2 is 1.92 bits per heavy atom. The third-order valence-corrected chi connectivity index (χ3v) is 4.05. The van der Waals surface area contributed by atoms with Gasteiger partial charge < -0.3 is 19.6 Å². The Hall–Kier alpha value is -2.24. The molecule has 6 nitrogen and oxygen atoms in total. The summed E-state index contributed by atoms with van der Waals surface area (Å²) in [5, 5.41) is 9.41. The van der Waals surface area contributed by atoms with E-state index < -0.39 is 11.6 Å². The summed E-state index contributed by atoms with van der Waals surface area (Å²) in [6.07, 6.45) is 0.500. The monoisotopic (exact) mass is 334 g/mol. The molecule has 24 heavy (non-hydrogen) atoms. The molecule has 6 heteroatoms. The fraction of sp³-hybridized carbons (Fsp3) is 0.556. The molecule has 1 amide bonds. The molecule has 1 fully saturated rings. The highest BCUT2D eigenvalue weighted by molar-refractivity contribution is 5.94. The smallest absolute Gasteiger partial charge is 0.410 e. The Labute approximate surface area is 143 Å². The molecule has 2 rings (SSSR count). The van der Waals surface area contributed by atoms with Crippen molar-refractivity contribution in [2.45, 2.75) is 45.8 Å². The van der Waals surface area contributed by atoms with Crippen LogP contribution in [0.5, 0.6) is 0 Å². The number of aromatic carboxylic acids is 1. The van der Waals surface area contributed by atoms with Gasteiger partial charge in [0.1, 0.15) is 5.60 Å². The van der Waals surface area contributed by atoms with Crippen molar-refractivity contribution in [3.05, 3.63) is 29.8 Å². The quantitative estimate of drug-likeness (QED) is 0.919. The third-order valence-electron chi connectivity index (χ3n) is 4.05. The van der Waals surface area contributed by atoms with Crippen LogP contribution >= 0.6 is 0 Å². The number of carboxylic acid groups (broad SMARTS) is 1. The molecule has 1 aliphatic rings. The molecule has 1 unspecified atom stereocenters. The second-order valence-electron chi connectivity index (χ2n) is 7.00. The van der Waals surface area contributed by atoms with E-state index in [0.29, 0.717) is 30.9 Å². The van der Waals surface area contributed by atoms with E-state index in [2.05, 4.69) is 4.90 Å². The van der Waals surface area contributed by atoms with Crippen LogP contribution in [0.15, 0.2) is 24.3 Å². The molecule has 1 heterocycles. The summed E-state index contributed by atoms with van der Waals surface area (Å²) in [5.74, 6) is -0.935. The van der Waals surface area contributed by atoms with Crippen LogP contribution in [-0.4, -0.2) is 53.3 Å². The molecule has 0 bridgehead atoms. The van der Waals surface area contributed by atoms with Gasteiger partial charge in [-0.25, -0.2) is 9.59 Å². The number of benzene rings is 1. The number of piperazine rings is 1. The van der Waals surface area contributed by atoms with E-state index in [0.717, 1.165) is 6.42 Å². The second kappa shape index (κ2) is 7.11. The fourth-order valence-electron chi connectivity index (χ4n) is 2.92. The minimum atomic E-state index is -0.935. The zero-order valence-corrected chi connectivity index (χ0v) is 14.8. The molecule has 1 aliphatic heterocycles. The van der Waals surface area contributed by atoms with E-state index in [9.17, 15) is 14.7 Å². The van der Waals surface area contributed by atoms with Gasteiger partial charge in [0.25, 0.3) is 0 Å². The van der Waals surface area contributed by atoms with E-state index >= 15 is 0 Å². The number of hydrogen-bond donors (Lipinski definition) is 1. The number of amides is 1. The Morgan fingerprint density at radius 3 is 2.50 bits per heavy atom. The maximum Gasteiger partial charge on any atom is 0.410 e. The number of para-hydroxylation sites is 1. The van der Waals surface area contributed by atoms with Gasteiger partial charge in [-0.15, -0.1) is 0 Å². The van der Waals surface area contributed by atoms with Crippen LogP contribution in [0.2, 0.25) is 0 Å². The van der Waals surface area contributed by atoms with Gasteiger partial charge in [0, 0.05) is 25.7 Å². The highest BCUT2D eigenvalue weighted by Gasteiger charge is 2.32. The van der Waals surface area contributed by atoms with Crippen molar-refractivity contribution in [2.75, 3.05) is 24.5 Å². The molecule has 1 aromatic rings. The molecule has 0 spiro atoms. The van der Waals surface area contributed by atoms with Crippen molar-refractivity contribution in [1.82, 2.24) is 4.90 Å². The Morgan fingerprint density at radius 1 is 1.25 bits per heavy atom. The molecule has 0 radical (unpaired) electrons. The van der Waals surface area contributed by atoms with Gasteiger partial charge >= 0.3 is 12.1 Å². The van der Waals surface area contributed by atoms with Crippen molar-refractivity contribution in [3.8, 4) is 0 Å². The maximum atomic E-state index is 12.3. The van der Waals surface area contributed by atoms with Gasteiger partial charge in [0.05, 0.1) is 11.3 Å². The summed E-state index contributed by atoms with van der Waals surface area (Å²) >= 11 is 0. The van der Waals surface area contributed by atoms with Gasteiger partial charge in [-0.3, -0.25) is 0 Å². The van der Waals surface area contributed by atoms with E-state index in [4.69, 9.17) is 4.74 Å². The van der Waals surface area contributed by atoms with Crippen LogP contribution in [-0.2, 0) is 4.74 Å². The van der Waals surface area contributed by atoms with Crippen LogP contribution in [0, 0.1) is 0 Å². The molecule has 0 saturated carbocycles. The molecular formula is C18H26N2O4. The molecule has 0 aliphatic carbocycles. The molecule has 1 atom stereocenters. The van der Waals surface area contributed by atoms with Crippen LogP contribution < -0.4 is 4.90 Å². The number of carboxylic acids is 1. The SMILES string of the molecule is CCC1CN(C(=O)OC(C)(C)C)CCN1c1ccccc1C(=O)O. The number of ether oxygens (including phenoxy) is 1. The first-order valence-electron chi connectivity index (χ1n) is 8.30. The van der Waals surface area contributed by atoms with Gasteiger partial charge in [0.15, 0.2) is 0 Å². The highest BCUT2D eigenvalue weighted by atomic mass is 16.6. The zero-order chi connectivity index (χ0) is 17.9. The number of anilines is 1. The lowest BCUT2D eigenvalue weighted by Gasteiger charge is -2.43. The molecule has 1 N–H and O–H groups in total. The average molecular weight is 334 g/mol. The predicted octanol–water partition coefficient (Wildman–Crippen LogP) is 3.22. The van der Waals surface area contributed by atoms with Crippen molar-refractivity contribution in [1.29, 1.82) is 0 Å². The normalized spacial score (nSPS) is 18.4. The average Bonchev–Trinajstić information content (AvgIpc) is 2.52. The minimum Gasteiger partial charge on any atom is -0.478 e. The largest absolute Gasteiger partial charge is 0.478 e. The summed E-state index contributed by atoms with van der Waals surface area (Å²) in [7, 11) is 0. The molecular weight excluding hydrogens is 308 g/mol. The first-order chi connectivity index (χ1) is 11.2. The van der Waals surface area contributed by atoms with Crippen molar-refractivity contribution >= 4 is 17.7 Å². The van der Waals surface area contributed by atoms with Crippen molar-refractivity contribution < 1.29 is 19.4 Å². The lowest BCUT2D eigenvalue weighted by atomic mass is 10.1. The van der Waals surface area contributed by atoms with Crippen LogP contribution in [0.25, 0.3) is 0 Å². The van der Waals surface area contributed by atoms with E-state index in [1.165, 1.54) is 0 Å². The number of rotatable bonds is 3. The maximum absolute atomic E-state index is 12.3. The molecule has 1 saturated heterocycles. The summed E-state index contributed by atoms with van der Waals surface area (Å²) in [6, 6.07) is 7.08. The molecule has 1 aromatic carbocycles. The van der Waals surface area contributed by atoms with E-state index in [-0.39, 0.29) is 12.1 Å². The summed E-state index contributed by atoms with van der Waals surface area (Å²) in [4.78, 5) is 27.6. The van der Waals surface area contributed by atoms with E-state index in [1.54, 1.807) is 17.0 Å².